The van der Waals surface area contributed by atoms with Gasteiger partial charge < -0.3 is 28.1 Å². The average molecular weight is 679 g/mol. The Balaban J connectivity index is 1.16. The molecule has 0 aliphatic rings. The van der Waals surface area contributed by atoms with E-state index < -0.39 is 8.32 Å². The summed E-state index contributed by atoms with van der Waals surface area (Å²) in [5, 5.41) is 2.51. The summed E-state index contributed by atoms with van der Waals surface area (Å²) in [6.45, 7) is 14.4. The van der Waals surface area contributed by atoms with Gasteiger partial charge in [0, 0.05) is 0 Å². The maximum absolute atomic E-state index is 6.86. The van der Waals surface area contributed by atoms with E-state index in [1.165, 1.54) is 60.9 Å². The van der Waals surface area contributed by atoms with Crippen molar-refractivity contribution in [1.82, 2.24) is 0 Å². The highest BCUT2D eigenvalue weighted by Gasteiger charge is 2.50. The third kappa shape index (κ3) is 14.5. The molecule has 0 bridgehead atoms. The Morgan fingerprint density at radius 1 is 0.479 bits per heavy atom. The van der Waals surface area contributed by atoms with E-state index in [2.05, 4.69) is 113 Å². The molecule has 6 nitrogen and oxygen atoms in total. The third-order valence-corrected chi connectivity index (χ3v) is 13.6. The van der Waals surface area contributed by atoms with Crippen molar-refractivity contribution in [2.45, 2.75) is 84.1 Å². The number of benzene rings is 3. The molecule has 266 valence electrons. The number of hydrogen-bond donors (Lipinski definition) is 0. The number of hydrogen-bond acceptors (Lipinski definition) is 6. The fourth-order valence-corrected chi connectivity index (χ4v) is 10.6. The molecule has 0 atom stereocenters. The van der Waals surface area contributed by atoms with Gasteiger partial charge in [0.1, 0.15) is 12.4 Å². The molecule has 0 aliphatic heterocycles. The highest BCUT2D eigenvalue weighted by Crippen LogP contribution is 2.36. The lowest BCUT2D eigenvalue weighted by atomic mass is 10.0. The van der Waals surface area contributed by atoms with Gasteiger partial charge in [0.15, 0.2) is 0 Å². The number of ether oxygens (including phenoxy) is 5. The minimum absolute atomic E-state index is 0.0449. The van der Waals surface area contributed by atoms with Gasteiger partial charge in [0.2, 0.25) is 0 Å². The van der Waals surface area contributed by atoms with Gasteiger partial charge >= 0.3 is 0 Å². The van der Waals surface area contributed by atoms with E-state index in [-0.39, 0.29) is 5.04 Å². The predicted molar refractivity (Wildman–Crippen MR) is 200 cm³/mol. The standard InChI is InChI=1S/C41H62O6Si/c1-5-6-7-8-9-10-13-18-37-23-25-38(26-24-37)46-35-33-44-31-29-42-27-28-43-30-32-45-34-36-47-48(41(2,3)4,39-19-14-11-15-20-39)40-21-16-12-17-22-40/h11-12,14-17,19-26H,5-10,13,18,27-36H2,1-4H3. The minimum atomic E-state index is -2.53. The van der Waals surface area contributed by atoms with E-state index in [1.54, 1.807) is 0 Å². The van der Waals surface area contributed by atoms with Crippen molar-refractivity contribution in [3.05, 3.63) is 90.5 Å². The van der Waals surface area contributed by atoms with Gasteiger partial charge in [0.05, 0.1) is 59.5 Å². The van der Waals surface area contributed by atoms with E-state index in [0.717, 1.165) is 12.2 Å². The molecular formula is C41H62O6Si. The maximum atomic E-state index is 6.86. The quantitative estimate of drug-likeness (QED) is 0.0602. The lowest BCUT2D eigenvalue weighted by Crippen LogP contribution is -2.66. The number of unbranched alkanes of at least 4 members (excludes halogenated alkanes) is 6. The summed E-state index contributed by atoms with van der Waals surface area (Å²) in [5.74, 6) is 0.894. The van der Waals surface area contributed by atoms with E-state index in [0.29, 0.717) is 66.1 Å². The Kier molecular flexibility index (Phi) is 19.8. The molecule has 0 saturated carbocycles. The largest absolute Gasteiger partial charge is 0.491 e. The van der Waals surface area contributed by atoms with Crippen LogP contribution in [0, 0.1) is 0 Å². The number of aryl methyl sites for hydroxylation is 1. The Hall–Kier alpha value is -2.52. The minimum Gasteiger partial charge on any atom is -0.491 e. The molecule has 0 radical (unpaired) electrons. The van der Waals surface area contributed by atoms with Crippen LogP contribution in [0.5, 0.6) is 5.75 Å². The summed E-state index contributed by atoms with van der Waals surface area (Å²) < 4.78 is 35.5. The Morgan fingerprint density at radius 2 is 0.917 bits per heavy atom. The molecule has 3 rings (SSSR count). The summed E-state index contributed by atoms with van der Waals surface area (Å²) in [6, 6.07) is 29.9. The smallest absolute Gasteiger partial charge is 0.261 e. The van der Waals surface area contributed by atoms with Crippen molar-refractivity contribution in [1.29, 1.82) is 0 Å². The van der Waals surface area contributed by atoms with E-state index in [4.69, 9.17) is 28.1 Å². The first-order valence-corrected chi connectivity index (χ1v) is 20.2. The second kappa shape index (κ2) is 23.8. The van der Waals surface area contributed by atoms with Crippen LogP contribution >= 0.6 is 0 Å². The number of rotatable bonds is 27. The normalized spacial score (nSPS) is 12.0. The van der Waals surface area contributed by atoms with Crippen molar-refractivity contribution < 1.29 is 28.1 Å². The first-order chi connectivity index (χ1) is 23.5. The molecular weight excluding hydrogens is 617 g/mol. The fourth-order valence-electron chi connectivity index (χ4n) is 6.03. The monoisotopic (exact) mass is 678 g/mol. The lowest BCUT2D eigenvalue weighted by molar-refractivity contribution is -0.00726. The molecule has 0 amide bonds. The van der Waals surface area contributed by atoms with E-state index in [9.17, 15) is 0 Å². The lowest BCUT2D eigenvalue weighted by Gasteiger charge is -2.43. The van der Waals surface area contributed by atoms with Crippen LogP contribution in [0.2, 0.25) is 5.04 Å². The van der Waals surface area contributed by atoms with E-state index >= 15 is 0 Å². The van der Waals surface area contributed by atoms with Gasteiger partial charge in [-0.1, -0.05) is 139 Å². The Morgan fingerprint density at radius 3 is 1.40 bits per heavy atom. The summed E-state index contributed by atoms with van der Waals surface area (Å²) in [4.78, 5) is 0. The molecule has 0 aromatic heterocycles. The van der Waals surface area contributed by atoms with Gasteiger partial charge in [-0.25, -0.2) is 0 Å². The molecule has 0 N–H and O–H groups in total. The molecule has 0 fully saturated rings. The molecule has 3 aromatic rings. The van der Waals surface area contributed by atoms with E-state index in [1.807, 2.05) is 0 Å². The third-order valence-electron chi connectivity index (χ3n) is 8.57. The van der Waals surface area contributed by atoms with Crippen molar-refractivity contribution in [2.24, 2.45) is 0 Å². The summed E-state index contributed by atoms with van der Waals surface area (Å²) in [7, 11) is -2.53. The van der Waals surface area contributed by atoms with Crippen molar-refractivity contribution in [2.75, 3.05) is 66.1 Å². The van der Waals surface area contributed by atoms with Gasteiger partial charge in [0.25, 0.3) is 8.32 Å². The Labute approximate surface area is 292 Å². The van der Waals surface area contributed by atoms with Gasteiger partial charge in [-0.3, -0.25) is 0 Å². The van der Waals surface area contributed by atoms with Crippen LogP contribution < -0.4 is 15.1 Å². The topological polar surface area (TPSA) is 55.4 Å². The molecule has 0 unspecified atom stereocenters. The van der Waals surface area contributed by atoms with Gasteiger partial charge in [-0.05, 0) is 45.9 Å². The summed E-state index contributed by atoms with van der Waals surface area (Å²) in [5.41, 5.74) is 1.39. The van der Waals surface area contributed by atoms with Crippen LogP contribution in [-0.2, 0) is 29.8 Å². The second-order valence-corrected chi connectivity index (χ2v) is 17.6. The second-order valence-electron chi connectivity index (χ2n) is 13.3. The zero-order valence-corrected chi connectivity index (χ0v) is 31.3. The molecule has 0 spiro atoms. The summed E-state index contributed by atoms with van der Waals surface area (Å²) in [6.07, 6.45) is 10.5. The first kappa shape index (κ1) is 39.9. The SMILES string of the molecule is CCCCCCCCCc1ccc(OCCOCCOCCOCCOCCO[Si](c2ccccc2)(c2ccccc2)C(C)(C)C)cc1. The zero-order chi connectivity index (χ0) is 34.2. The summed E-state index contributed by atoms with van der Waals surface area (Å²) >= 11 is 0. The van der Waals surface area contributed by atoms with Crippen molar-refractivity contribution in [3.63, 3.8) is 0 Å². The average Bonchev–Trinajstić information content (AvgIpc) is 3.10. The van der Waals surface area contributed by atoms with Gasteiger partial charge in [-0.15, -0.1) is 0 Å². The first-order valence-electron chi connectivity index (χ1n) is 18.2. The highest BCUT2D eigenvalue weighted by molar-refractivity contribution is 6.99. The molecule has 0 saturated heterocycles. The van der Waals surface area contributed by atoms with Crippen molar-refractivity contribution in [3.8, 4) is 5.75 Å². The zero-order valence-electron chi connectivity index (χ0n) is 30.3. The maximum Gasteiger partial charge on any atom is 0.261 e. The molecule has 7 heteroatoms. The fraction of sp³-hybridized carbons (Fsp3) is 0.561. The molecule has 0 aliphatic carbocycles. The van der Waals surface area contributed by atoms with Crippen LogP contribution in [0.4, 0.5) is 0 Å². The van der Waals surface area contributed by atoms with Crippen LogP contribution in [0.25, 0.3) is 0 Å². The van der Waals surface area contributed by atoms with Gasteiger partial charge in [-0.2, -0.15) is 0 Å². The Bertz CT molecular complexity index is 1140. The van der Waals surface area contributed by atoms with Crippen LogP contribution in [0.3, 0.4) is 0 Å². The molecule has 48 heavy (non-hydrogen) atoms. The molecule has 3 aromatic carbocycles. The van der Waals surface area contributed by atoms with Crippen LogP contribution in [-0.4, -0.2) is 74.4 Å². The van der Waals surface area contributed by atoms with Crippen molar-refractivity contribution >= 4 is 18.7 Å². The highest BCUT2D eigenvalue weighted by atomic mass is 28.4. The predicted octanol–water partition coefficient (Wildman–Crippen LogP) is 8.00. The van der Waals surface area contributed by atoms with Crippen LogP contribution in [0.15, 0.2) is 84.9 Å². The molecule has 0 heterocycles. The van der Waals surface area contributed by atoms with Crippen LogP contribution in [0.1, 0.15) is 78.2 Å².